The SMILES string of the molecule is CS(=O)(=O)N(CCCl)N(C(=O)OCc1ccc(OP(=O)(O)O)cc1)S(C)(=O)=O. The lowest BCUT2D eigenvalue weighted by atomic mass is 10.2. The molecule has 160 valence electrons. The molecule has 0 unspecified atom stereocenters. The van der Waals surface area contributed by atoms with Crippen LogP contribution in [0.2, 0.25) is 0 Å². The Morgan fingerprint density at radius 2 is 1.64 bits per heavy atom. The van der Waals surface area contributed by atoms with E-state index in [1.54, 1.807) is 0 Å². The number of carbonyl (C=O) groups excluding carboxylic acids is 1. The molecule has 0 fully saturated rings. The second kappa shape index (κ2) is 9.39. The zero-order valence-corrected chi connectivity index (χ0v) is 17.9. The zero-order chi connectivity index (χ0) is 21.8. The summed E-state index contributed by atoms with van der Waals surface area (Å²) in [6.07, 6.45) is -0.159. The van der Waals surface area contributed by atoms with Gasteiger partial charge in [-0.25, -0.2) is 26.2 Å². The number of hydrogen-bond acceptors (Lipinski definition) is 8. The van der Waals surface area contributed by atoms with Crippen LogP contribution in [0.3, 0.4) is 0 Å². The summed E-state index contributed by atoms with van der Waals surface area (Å²) in [6, 6.07) is 4.98. The van der Waals surface area contributed by atoms with E-state index in [9.17, 15) is 26.2 Å². The molecule has 1 aromatic rings. The molecule has 0 aliphatic heterocycles. The smallest absolute Gasteiger partial charge is 0.443 e. The van der Waals surface area contributed by atoms with E-state index in [0.717, 1.165) is 0 Å². The van der Waals surface area contributed by atoms with Crippen LogP contribution in [0.15, 0.2) is 24.3 Å². The summed E-state index contributed by atoms with van der Waals surface area (Å²) in [5.74, 6) is -0.431. The molecule has 16 heteroatoms. The first-order valence-corrected chi connectivity index (χ1v) is 13.0. The first kappa shape index (κ1) is 24.6. The first-order valence-electron chi connectivity index (χ1n) is 7.20. The Bertz CT molecular complexity index is 945. The number of nitrogens with zero attached hydrogens (tertiary/aromatic N) is 2. The van der Waals surface area contributed by atoms with Gasteiger partial charge in [-0.3, -0.25) is 9.79 Å². The first-order chi connectivity index (χ1) is 12.6. The Hall–Kier alpha value is -1.41. The van der Waals surface area contributed by atoms with Crippen LogP contribution < -0.4 is 4.52 Å². The Balaban J connectivity index is 2.97. The monoisotopic (exact) mass is 480 g/mol. The van der Waals surface area contributed by atoms with Crippen molar-refractivity contribution in [3.63, 3.8) is 0 Å². The minimum Gasteiger partial charge on any atom is -0.443 e. The van der Waals surface area contributed by atoms with Gasteiger partial charge in [0.05, 0.1) is 12.5 Å². The quantitative estimate of drug-likeness (QED) is 0.288. The third-order valence-electron chi connectivity index (χ3n) is 2.84. The molecule has 1 rings (SSSR count). The molecule has 0 aliphatic rings. The third kappa shape index (κ3) is 7.91. The van der Waals surface area contributed by atoms with Gasteiger partial charge in [0.15, 0.2) is 0 Å². The fraction of sp³-hybridized carbons (Fsp3) is 0.417. The normalized spacial score (nSPS) is 12.6. The highest BCUT2D eigenvalue weighted by molar-refractivity contribution is 7.91. The van der Waals surface area contributed by atoms with Crippen molar-refractivity contribution in [1.29, 1.82) is 0 Å². The molecule has 0 spiro atoms. The van der Waals surface area contributed by atoms with Crippen molar-refractivity contribution in [2.45, 2.75) is 6.61 Å². The predicted molar refractivity (Wildman–Crippen MR) is 98.3 cm³/mol. The van der Waals surface area contributed by atoms with Gasteiger partial charge in [0.25, 0.3) is 10.0 Å². The number of alkyl halides is 1. The number of rotatable bonds is 9. The van der Waals surface area contributed by atoms with Crippen molar-refractivity contribution in [1.82, 2.24) is 8.83 Å². The molecule has 0 heterocycles. The summed E-state index contributed by atoms with van der Waals surface area (Å²) in [7, 11) is -13.2. The van der Waals surface area contributed by atoms with E-state index >= 15 is 0 Å². The van der Waals surface area contributed by atoms with Crippen molar-refractivity contribution in [2.24, 2.45) is 0 Å². The van der Waals surface area contributed by atoms with Crippen molar-refractivity contribution in [3.8, 4) is 5.75 Å². The standard InChI is InChI=1S/C12H18ClN2O10PS2/c1-27(20,21)14(8-7-13)15(28(2,22)23)12(16)24-9-10-3-5-11(6-4-10)25-26(17,18)19/h3-6H,7-9H2,1-2H3,(H2,17,18,19). The number of ether oxygens (including phenoxy) is 1. The Morgan fingerprint density at radius 1 is 1.11 bits per heavy atom. The van der Waals surface area contributed by atoms with Gasteiger partial charge in [-0.15, -0.1) is 16.0 Å². The van der Waals surface area contributed by atoms with Crippen molar-refractivity contribution in [2.75, 3.05) is 24.9 Å². The second-order valence-electron chi connectivity index (χ2n) is 5.28. The largest absolute Gasteiger partial charge is 0.524 e. The summed E-state index contributed by atoms with van der Waals surface area (Å²) in [4.78, 5) is 29.6. The molecule has 0 saturated carbocycles. The molecule has 0 atom stereocenters. The molecule has 0 bridgehead atoms. The summed E-state index contributed by atoms with van der Waals surface area (Å²) in [5, 5.41) is 0. The number of benzene rings is 1. The highest BCUT2D eigenvalue weighted by atomic mass is 35.5. The van der Waals surface area contributed by atoms with Crippen LogP contribution >= 0.6 is 19.4 Å². The molecule has 2 N–H and O–H groups in total. The van der Waals surface area contributed by atoms with E-state index in [2.05, 4.69) is 4.52 Å². The number of amides is 1. The van der Waals surface area contributed by atoms with Crippen LogP contribution in [-0.4, -0.2) is 66.5 Å². The summed E-state index contributed by atoms with van der Waals surface area (Å²) in [5.41, 5.74) is 0.308. The fourth-order valence-corrected chi connectivity index (χ4v) is 4.72. The fourth-order valence-electron chi connectivity index (χ4n) is 1.84. The van der Waals surface area contributed by atoms with Crippen LogP contribution in [0.25, 0.3) is 0 Å². The highest BCUT2D eigenvalue weighted by Gasteiger charge is 2.36. The lowest BCUT2D eigenvalue weighted by Gasteiger charge is -2.29. The second-order valence-corrected chi connectivity index (χ2v) is 10.5. The van der Waals surface area contributed by atoms with E-state index in [1.807, 2.05) is 0 Å². The van der Waals surface area contributed by atoms with Gasteiger partial charge < -0.3 is 9.26 Å². The molecular weight excluding hydrogens is 463 g/mol. The molecule has 28 heavy (non-hydrogen) atoms. The molecule has 0 aromatic heterocycles. The number of hydrazine groups is 1. The number of phosphoric acid groups is 1. The van der Waals surface area contributed by atoms with E-state index in [0.29, 0.717) is 18.1 Å². The summed E-state index contributed by atoms with van der Waals surface area (Å²) in [6.45, 7) is -0.948. The Morgan fingerprint density at radius 3 is 2.04 bits per heavy atom. The van der Waals surface area contributed by atoms with Gasteiger partial charge in [0.2, 0.25) is 10.0 Å². The minimum absolute atomic E-state index is 0.0457. The van der Waals surface area contributed by atoms with Crippen LogP contribution in [0.1, 0.15) is 5.56 Å². The molecule has 1 aromatic carbocycles. The summed E-state index contributed by atoms with van der Waals surface area (Å²) >= 11 is 5.49. The van der Waals surface area contributed by atoms with Gasteiger partial charge in [0.1, 0.15) is 12.4 Å². The van der Waals surface area contributed by atoms with E-state index < -0.39 is 47.1 Å². The number of carbonyl (C=O) groups is 1. The van der Waals surface area contributed by atoms with Crippen LogP contribution in [0.5, 0.6) is 5.75 Å². The van der Waals surface area contributed by atoms with Crippen molar-refractivity contribution >= 4 is 45.6 Å². The minimum atomic E-state index is -4.73. The van der Waals surface area contributed by atoms with Gasteiger partial charge in [0, 0.05) is 12.4 Å². The molecule has 0 saturated heterocycles. The number of sulfonamides is 2. The summed E-state index contributed by atoms with van der Waals surface area (Å²) < 4.78 is 67.6. The average molecular weight is 481 g/mol. The molecular formula is C12H18ClN2O10PS2. The van der Waals surface area contributed by atoms with Gasteiger partial charge >= 0.3 is 13.9 Å². The molecule has 0 aliphatic carbocycles. The predicted octanol–water partition coefficient (Wildman–Crippen LogP) is 0.472. The maximum Gasteiger partial charge on any atom is 0.524 e. The van der Waals surface area contributed by atoms with Crippen LogP contribution in [0, 0.1) is 0 Å². The average Bonchev–Trinajstić information content (AvgIpc) is 2.50. The highest BCUT2D eigenvalue weighted by Crippen LogP contribution is 2.37. The number of halogens is 1. The Kier molecular flexibility index (Phi) is 8.26. The number of hydrogen-bond donors (Lipinski definition) is 2. The van der Waals surface area contributed by atoms with Crippen LogP contribution in [0.4, 0.5) is 4.79 Å². The van der Waals surface area contributed by atoms with Crippen molar-refractivity contribution in [3.05, 3.63) is 29.8 Å². The van der Waals surface area contributed by atoms with Crippen molar-refractivity contribution < 1.29 is 45.2 Å². The lowest BCUT2D eigenvalue weighted by Crippen LogP contribution is -2.52. The maximum atomic E-state index is 12.2. The lowest BCUT2D eigenvalue weighted by molar-refractivity contribution is 0.0785. The van der Waals surface area contributed by atoms with Crippen LogP contribution in [-0.2, 0) is 36.0 Å². The zero-order valence-electron chi connectivity index (χ0n) is 14.6. The maximum absolute atomic E-state index is 12.2. The van der Waals surface area contributed by atoms with E-state index in [4.69, 9.17) is 26.1 Å². The molecule has 12 nitrogen and oxygen atoms in total. The van der Waals surface area contributed by atoms with Gasteiger partial charge in [-0.1, -0.05) is 16.5 Å². The topological polar surface area (TPSA) is 168 Å². The van der Waals surface area contributed by atoms with E-state index in [-0.39, 0.29) is 20.5 Å². The molecule has 1 amide bonds. The number of phosphoric ester groups is 1. The van der Waals surface area contributed by atoms with Gasteiger partial charge in [-0.05, 0) is 17.7 Å². The molecule has 0 radical (unpaired) electrons. The third-order valence-corrected chi connectivity index (χ3v) is 5.65. The van der Waals surface area contributed by atoms with E-state index in [1.165, 1.54) is 24.3 Å². The Labute approximate surface area is 166 Å². The van der Waals surface area contributed by atoms with Gasteiger partial charge in [-0.2, -0.15) is 0 Å².